The molecule has 1 atom stereocenters. The van der Waals surface area contributed by atoms with Gasteiger partial charge in [0.05, 0.1) is 32.5 Å². The first-order valence-corrected chi connectivity index (χ1v) is 9.29. The zero-order valence-electron chi connectivity index (χ0n) is 15.3. The highest BCUT2D eigenvalue weighted by Crippen LogP contribution is 2.18. The average molecular weight is 370 g/mol. The Labute approximate surface area is 159 Å². The third-order valence-corrected chi connectivity index (χ3v) is 4.34. The minimum atomic E-state index is -0.655. The lowest BCUT2D eigenvalue weighted by Crippen LogP contribution is -2.40. The Morgan fingerprint density at radius 1 is 1.22 bits per heavy atom. The van der Waals surface area contributed by atoms with Gasteiger partial charge in [0.1, 0.15) is 5.75 Å². The highest BCUT2D eigenvalue weighted by atomic mass is 16.5. The van der Waals surface area contributed by atoms with E-state index in [9.17, 15) is 9.90 Å². The Kier molecular flexibility index (Phi) is 7.07. The summed E-state index contributed by atoms with van der Waals surface area (Å²) < 4.78 is 11.1. The Morgan fingerprint density at radius 3 is 2.93 bits per heavy atom. The van der Waals surface area contributed by atoms with Crippen LogP contribution in [0.5, 0.6) is 5.75 Å². The molecule has 0 saturated carbocycles. The number of aliphatic hydroxyl groups excluding tert-OH is 1. The van der Waals surface area contributed by atoms with E-state index in [4.69, 9.17) is 9.47 Å². The normalized spacial score (nSPS) is 17.2. The first-order chi connectivity index (χ1) is 13.2. The van der Waals surface area contributed by atoms with E-state index in [1.165, 1.54) is 5.56 Å². The second kappa shape index (κ2) is 9.94. The van der Waals surface area contributed by atoms with Crippen LogP contribution in [0.3, 0.4) is 0 Å². The summed E-state index contributed by atoms with van der Waals surface area (Å²) in [5, 5.41) is 12.6. The number of nitrogens with zero attached hydrogens (tertiary/aromatic N) is 1. The fourth-order valence-electron chi connectivity index (χ4n) is 2.95. The van der Waals surface area contributed by atoms with Crippen molar-refractivity contribution in [2.75, 3.05) is 38.2 Å². The maximum Gasteiger partial charge on any atom is 0.322 e. The van der Waals surface area contributed by atoms with Crippen molar-refractivity contribution in [2.45, 2.75) is 18.9 Å². The fourth-order valence-corrected chi connectivity index (χ4v) is 2.95. The molecular formula is C21H26N2O4. The van der Waals surface area contributed by atoms with Crippen LogP contribution in [-0.2, 0) is 11.2 Å². The van der Waals surface area contributed by atoms with Gasteiger partial charge in [-0.1, -0.05) is 36.4 Å². The molecule has 0 unspecified atom stereocenters. The number of rotatable bonds is 6. The van der Waals surface area contributed by atoms with E-state index in [2.05, 4.69) is 17.4 Å². The van der Waals surface area contributed by atoms with Crippen LogP contribution >= 0.6 is 0 Å². The van der Waals surface area contributed by atoms with Crippen molar-refractivity contribution >= 4 is 11.7 Å². The number of aryl methyl sites for hydroxylation is 1. The van der Waals surface area contributed by atoms with E-state index < -0.39 is 6.10 Å². The van der Waals surface area contributed by atoms with E-state index >= 15 is 0 Å². The Bertz CT molecular complexity index is 723. The molecule has 3 rings (SSSR count). The van der Waals surface area contributed by atoms with Crippen LogP contribution in [0, 0.1) is 0 Å². The fraction of sp³-hybridized carbons (Fsp3) is 0.381. The van der Waals surface area contributed by atoms with Crippen LogP contribution in [0.2, 0.25) is 0 Å². The molecule has 2 aromatic carbocycles. The maximum atomic E-state index is 12.4. The van der Waals surface area contributed by atoms with Crippen molar-refractivity contribution in [2.24, 2.45) is 0 Å². The lowest BCUT2D eigenvalue weighted by Gasteiger charge is -2.21. The average Bonchev–Trinajstić information content (AvgIpc) is 2.91. The number of ether oxygens (including phenoxy) is 2. The summed E-state index contributed by atoms with van der Waals surface area (Å²) in [7, 11) is 0. The first-order valence-electron chi connectivity index (χ1n) is 9.29. The van der Waals surface area contributed by atoms with Crippen LogP contribution < -0.4 is 10.1 Å². The predicted octanol–water partition coefficient (Wildman–Crippen LogP) is 2.92. The summed E-state index contributed by atoms with van der Waals surface area (Å²) in [4.78, 5) is 14.0. The monoisotopic (exact) mass is 370 g/mol. The lowest BCUT2D eigenvalue weighted by molar-refractivity contribution is 0.0575. The van der Waals surface area contributed by atoms with Crippen molar-refractivity contribution in [3.63, 3.8) is 0 Å². The zero-order chi connectivity index (χ0) is 18.9. The summed E-state index contributed by atoms with van der Waals surface area (Å²) >= 11 is 0. The quantitative estimate of drug-likeness (QED) is 0.767. The topological polar surface area (TPSA) is 71.0 Å². The molecule has 0 bridgehead atoms. The number of urea groups is 1. The summed E-state index contributed by atoms with van der Waals surface area (Å²) in [6.07, 6.45) is 1.24. The number of benzene rings is 2. The number of β-amino-alcohol motifs (C(OH)–C–C–N with tert-alkyl or cyclic N) is 1. The van der Waals surface area contributed by atoms with E-state index in [-0.39, 0.29) is 19.2 Å². The first kappa shape index (κ1) is 19.2. The van der Waals surface area contributed by atoms with Crippen molar-refractivity contribution in [1.29, 1.82) is 0 Å². The molecule has 0 aliphatic carbocycles. The Morgan fingerprint density at radius 2 is 2.07 bits per heavy atom. The van der Waals surface area contributed by atoms with Gasteiger partial charge in [-0.25, -0.2) is 4.79 Å². The summed E-state index contributed by atoms with van der Waals surface area (Å²) in [6, 6.07) is 17.4. The number of carbonyl (C=O) groups excluding carboxylic acids is 1. The van der Waals surface area contributed by atoms with Crippen molar-refractivity contribution < 1.29 is 19.4 Å². The number of nitrogens with one attached hydrogen (secondary N) is 1. The van der Waals surface area contributed by atoms with Gasteiger partial charge in [0.2, 0.25) is 0 Å². The standard InChI is InChI=1S/C21H26N2O4/c24-19-15-23(11-13-26-16-19)21(25)22-18-9-4-10-20(14-18)27-12-5-8-17-6-2-1-3-7-17/h1-4,6-7,9-10,14,19,24H,5,8,11-13,15-16H2,(H,22,25)/t19-/m0/s1. The molecule has 0 radical (unpaired) electrons. The van der Waals surface area contributed by atoms with E-state index in [0.717, 1.165) is 18.6 Å². The van der Waals surface area contributed by atoms with Gasteiger partial charge in [-0.15, -0.1) is 0 Å². The van der Waals surface area contributed by atoms with Gasteiger partial charge in [0.25, 0.3) is 0 Å². The highest BCUT2D eigenvalue weighted by Gasteiger charge is 2.20. The number of carbonyl (C=O) groups is 1. The maximum absolute atomic E-state index is 12.4. The number of hydrogen-bond acceptors (Lipinski definition) is 4. The number of amides is 2. The van der Waals surface area contributed by atoms with Crippen molar-refractivity contribution in [3.05, 3.63) is 60.2 Å². The molecule has 1 saturated heterocycles. The molecule has 144 valence electrons. The number of anilines is 1. The van der Waals surface area contributed by atoms with Gasteiger partial charge >= 0.3 is 6.03 Å². The van der Waals surface area contributed by atoms with E-state index in [1.807, 2.05) is 42.5 Å². The second-order valence-corrected chi connectivity index (χ2v) is 6.57. The zero-order valence-corrected chi connectivity index (χ0v) is 15.3. The molecule has 27 heavy (non-hydrogen) atoms. The molecule has 1 aliphatic rings. The molecule has 1 heterocycles. The van der Waals surface area contributed by atoms with Gasteiger partial charge in [-0.2, -0.15) is 0 Å². The minimum Gasteiger partial charge on any atom is -0.494 e. The Hall–Kier alpha value is -2.57. The molecule has 2 aromatic rings. The van der Waals surface area contributed by atoms with Gasteiger partial charge < -0.3 is 24.8 Å². The molecule has 6 nitrogen and oxygen atoms in total. The molecule has 2 amide bonds. The molecule has 1 fully saturated rings. The van der Waals surface area contributed by atoms with Gasteiger partial charge in [-0.3, -0.25) is 0 Å². The van der Waals surface area contributed by atoms with Gasteiger partial charge in [-0.05, 0) is 30.5 Å². The van der Waals surface area contributed by atoms with Crippen LogP contribution in [0.1, 0.15) is 12.0 Å². The molecule has 6 heteroatoms. The molecular weight excluding hydrogens is 344 g/mol. The SMILES string of the molecule is O=C(Nc1cccc(OCCCc2ccccc2)c1)N1CCOC[C@@H](O)C1. The summed E-state index contributed by atoms with van der Waals surface area (Å²) in [5.74, 6) is 0.722. The van der Waals surface area contributed by atoms with Crippen molar-refractivity contribution in [1.82, 2.24) is 4.90 Å². The van der Waals surface area contributed by atoms with Crippen LogP contribution in [0.15, 0.2) is 54.6 Å². The van der Waals surface area contributed by atoms with Crippen LogP contribution in [-0.4, -0.2) is 55.1 Å². The third kappa shape index (κ3) is 6.27. The molecule has 2 N–H and O–H groups in total. The van der Waals surface area contributed by atoms with Gasteiger partial charge in [0.15, 0.2) is 0 Å². The summed E-state index contributed by atoms with van der Waals surface area (Å²) in [5.41, 5.74) is 1.96. The highest BCUT2D eigenvalue weighted by molar-refractivity contribution is 5.89. The number of aliphatic hydroxyl groups is 1. The minimum absolute atomic E-state index is 0.249. The smallest absolute Gasteiger partial charge is 0.322 e. The number of hydrogen-bond donors (Lipinski definition) is 2. The Balaban J connectivity index is 1.47. The largest absolute Gasteiger partial charge is 0.494 e. The third-order valence-electron chi connectivity index (χ3n) is 4.34. The predicted molar refractivity (Wildman–Crippen MR) is 104 cm³/mol. The molecule has 0 spiro atoms. The molecule has 0 aromatic heterocycles. The second-order valence-electron chi connectivity index (χ2n) is 6.57. The van der Waals surface area contributed by atoms with E-state index in [0.29, 0.717) is 25.4 Å². The van der Waals surface area contributed by atoms with Crippen LogP contribution in [0.4, 0.5) is 10.5 Å². The lowest BCUT2D eigenvalue weighted by atomic mass is 10.1. The van der Waals surface area contributed by atoms with Gasteiger partial charge in [0, 0.05) is 18.3 Å². The van der Waals surface area contributed by atoms with E-state index in [1.54, 1.807) is 4.90 Å². The summed E-state index contributed by atoms with van der Waals surface area (Å²) in [6.45, 7) is 2.02. The van der Waals surface area contributed by atoms with Crippen molar-refractivity contribution in [3.8, 4) is 5.75 Å². The molecule has 1 aliphatic heterocycles. The van der Waals surface area contributed by atoms with Crippen LogP contribution in [0.25, 0.3) is 0 Å².